The van der Waals surface area contributed by atoms with Crippen LogP contribution < -0.4 is 9.46 Å². The second-order valence-electron chi connectivity index (χ2n) is 4.98. The summed E-state index contributed by atoms with van der Waals surface area (Å²) in [5.41, 5.74) is 1.85. The van der Waals surface area contributed by atoms with Crippen molar-refractivity contribution in [1.82, 2.24) is 9.71 Å². The summed E-state index contributed by atoms with van der Waals surface area (Å²) in [6.07, 6.45) is 1.80. The third kappa shape index (κ3) is 3.19. The molecule has 0 radical (unpaired) electrons. The van der Waals surface area contributed by atoms with Crippen LogP contribution in [0.1, 0.15) is 5.56 Å². The smallest absolute Gasteiger partial charge is 0.240 e. The zero-order valence-electron chi connectivity index (χ0n) is 12.3. The van der Waals surface area contributed by atoms with E-state index in [1.54, 1.807) is 6.20 Å². The second-order valence-corrected chi connectivity index (χ2v) is 7.15. The van der Waals surface area contributed by atoms with E-state index < -0.39 is 10.0 Å². The first-order valence-electron chi connectivity index (χ1n) is 6.89. The average Bonchev–Trinajstić information content (AvgIpc) is 2.96. The molecule has 2 aromatic carbocycles. The summed E-state index contributed by atoms with van der Waals surface area (Å²) in [6.45, 7) is 0.190. The predicted octanol–water partition coefficient (Wildman–Crippen LogP) is 3.31. The molecule has 7 heteroatoms. The number of benzene rings is 2. The molecule has 0 atom stereocenters. The fraction of sp³-hybridized carbons (Fsp3) is 0.125. The van der Waals surface area contributed by atoms with E-state index in [0.29, 0.717) is 5.75 Å². The maximum absolute atomic E-state index is 12.4. The highest BCUT2D eigenvalue weighted by molar-refractivity contribution is 7.89. The van der Waals surface area contributed by atoms with Crippen molar-refractivity contribution in [3.63, 3.8) is 0 Å². The summed E-state index contributed by atoms with van der Waals surface area (Å²) in [6, 6.07) is 12.1. The lowest BCUT2D eigenvalue weighted by molar-refractivity contribution is 0.414. The third-order valence-electron chi connectivity index (χ3n) is 3.56. The van der Waals surface area contributed by atoms with Gasteiger partial charge in [0.05, 0.1) is 17.0 Å². The van der Waals surface area contributed by atoms with Crippen LogP contribution in [0.5, 0.6) is 5.75 Å². The van der Waals surface area contributed by atoms with Gasteiger partial charge in [0, 0.05) is 23.6 Å². The summed E-state index contributed by atoms with van der Waals surface area (Å²) in [7, 11) is -2.18. The zero-order valence-corrected chi connectivity index (χ0v) is 13.9. The lowest BCUT2D eigenvalue weighted by Crippen LogP contribution is -2.23. The quantitative estimate of drug-likeness (QED) is 0.741. The van der Waals surface area contributed by atoms with Gasteiger partial charge in [0.2, 0.25) is 10.0 Å². The molecular weight excluding hydrogens is 336 g/mol. The van der Waals surface area contributed by atoms with Crippen molar-refractivity contribution in [1.29, 1.82) is 0 Å². The molecule has 0 aliphatic heterocycles. The van der Waals surface area contributed by atoms with Crippen molar-refractivity contribution in [2.75, 3.05) is 7.11 Å². The van der Waals surface area contributed by atoms with E-state index in [-0.39, 0.29) is 16.5 Å². The Kier molecular flexibility index (Phi) is 4.30. The third-order valence-corrected chi connectivity index (χ3v) is 5.26. The molecule has 120 valence electrons. The molecule has 0 saturated heterocycles. The van der Waals surface area contributed by atoms with Crippen molar-refractivity contribution in [3.05, 3.63) is 59.2 Å². The number of nitrogens with one attached hydrogen (secondary N) is 2. The molecule has 2 N–H and O–H groups in total. The van der Waals surface area contributed by atoms with Crippen LogP contribution in [-0.4, -0.2) is 20.5 Å². The number of fused-ring (bicyclic) bond motifs is 1. The molecule has 0 bridgehead atoms. The highest BCUT2D eigenvalue weighted by Crippen LogP contribution is 2.27. The number of hydrogen-bond donors (Lipinski definition) is 2. The van der Waals surface area contributed by atoms with Gasteiger partial charge in [-0.2, -0.15) is 0 Å². The van der Waals surface area contributed by atoms with E-state index in [2.05, 4.69) is 9.71 Å². The van der Waals surface area contributed by atoms with Crippen LogP contribution >= 0.6 is 11.6 Å². The first kappa shape index (κ1) is 15.9. The van der Waals surface area contributed by atoms with Crippen LogP contribution in [-0.2, 0) is 16.6 Å². The van der Waals surface area contributed by atoms with E-state index in [9.17, 15) is 8.42 Å². The van der Waals surface area contributed by atoms with Gasteiger partial charge in [-0.05, 0) is 29.8 Å². The van der Waals surface area contributed by atoms with Gasteiger partial charge < -0.3 is 9.72 Å². The van der Waals surface area contributed by atoms with Gasteiger partial charge in [0.25, 0.3) is 0 Å². The number of ether oxygens (including phenoxy) is 1. The molecule has 1 aromatic heterocycles. The number of sulfonamides is 1. The van der Waals surface area contributed by atoms with E-state index in [0.717, 1.165) is 16.5 Å². The van der Waals surface area contributed by atoms with Crippen LogP contribution in [0.25, 0.3) is 10.9 Å². The molecule has 5 nitrogen and oxygen atoms in total. The Morgan fingerprint density at radius 2 is 2.00 bits per heavy atom. The maximum atomic E-state index is 12.4. The van der Waals surface area contributed by atoms with Crippen molar-refractivity contribution < 1.29 is 13.2 Å². The lowest BCUT2D eigenvalue weighted by atomic mass is 10.2. The number of rotatable bonds is 5. The summed E-state index contributed by atoms with van der Waals surface area (Å²) in [4.78, 5) is 3.22. The van der Waals surface area contributed by atoms with Crippen molar-refractivity contribution >= 4 is 32.5 Å². The lowest BCUT2D eigenvalue weighted by Gasteiger charge is -2.08. The molecule has 3 aromatic rings. The number of para-hydroxylation sites is 1. The molecule has 23 heavy (non-hydrogen) atoms. The second kappa shape index (κ2) is 6.23. The average molecular weight is 351 g/mol. The molecule has 1 heterocycles. The summed E-state index contributed by atoms with van der Waals surface area (Å²) < 4.78 is 32.4. The first-order chi connectivity index (χ1) is 11.0. The van der Waals surface area contributed by atoms with Crippen LogP contribution in [0.4, 0.5) is 0 Å². The van der Waals surface area contributed by atoms with Crippen molar-refractivity contribution in [3.8, 4) is 5.75 Å². The summed E-state index contributed by atoms with van der Waals surface area (Å²) in [5.74, 6) is 0.433. The number of methoxy groups -OCH3 is 1. The monoisotopic (exact) mass is 350 g/mol. The van der Waals surface area contributed by atoms with Crippen LogP contribution in [0.15, 0.2) is 53.6 Å². The number of H-pyrrole nitrogens is 1. The predicted molar refractivity (Wildman–Crippen MR) is 90.3 cm³/mol. The number of aromatic amines is 1. The van der Waals surface area contributed by atoms with Gasteiger partial charge in [-0.1, -0.05) is 29.8 Å². The Balaban J connectivity index is 1.83. The standard InChI is InChI=1S/C16H15ClN2O3S/c1-22-16-7-6-12(8-14(16)17)23(20,21)19-10-11-9-18-15-5-3-2-4-13(11)15/h2-9,18-19H,10H2,1H3. The summed E-state index contributed by atoms with van der Waals surface area (Å²) in [5, 5.41) is 1.24. The Hall–Kier alpha value is -2.02. The van der Waals surface area contributed by atoms with E-state index in [4.69, 9.17) is 16.3 Å². The molecule has 0 saturated carbocycles. The van der Waals surface area contributed by atoms with Crippen LogP contribution in [0.2, 0.25) is 5.02 Å². The number of hydrogen-bond acceptors (Lipinski definition) is 3. The Bertz CT molecular complexity index is 951. The largest absolute Gasteiger partial charge is 0.495 e. The van der Waals surface area contributed by atoms with E-state index >= 15 is 0 Å². The molecule has 0 fully saturated rings. The van der Waals surface area contributed by atoms with Crippen LogP contribution in [0, 0.1) is 0 Å². The fourth-order valence-corrected chi connectivity index (χ4v) is 3.70. The topological polar surface area (TPSA) is 71.2 Å². The van der Waals surface area contributed by atoms with Gasteiger partial charge in [-0.25, -0.2) is 13.1 Å². The van der Waals surface area contributed by atoms with E-state index in [1.165, 1.54) is 25.3 Å². The highest BCUT2D eigenvalue weighted by Gasteiger charge is 2.16. The van der Waals surface area contributed by atoms with Crippen molar-refractivity contribution in [2.24, 2.45) is 0 Å². The summed E-state index contributed by atoms with van der Waals surface area (Å²) >= 11 is 5.99. The minimum Gasteiger partial charge on any atom is -0.495 e. The molecule has 3 rings (SSSR count). The molecule has 0 spiro atoms. The maximum Gasteiger partial charge on any atom is 0.240 e. The molecule has 0 aliphatic rings. The SMILES string of the molecule is COc1ccc(S(=O)(=O)NCc2c[nH]c3ccccc23)cc1Cl. The molecular formula is C16H15ClN2O3S. The number of halogens is 1. The molecule has 0 unspecified atom stereocenters. The van der Waals surface area contributed by atoms with E-state index in [1.807, 2.05) is 24.3 Å². The Morgan fingerprint density at radius 3 is 2.74 bits per heavy atom. The zero-order chi connectivity index (χ0) is 16.4. The first-order valence-corrected chi connectivity index (χ1v) is 8.75. The minimum atomic E-state index is -3.66. The van der Waals surface area contributed by atoms with Crippen LogP contribution in [0.3, 0.4) is 0 Å². The van der Waals surface area contributed by atoms with Gasteiger partial charge in [0.15, 0.2) is 0 Å². The van der Waals surface area contributed by atoms with Crippen molar-refractivity contribution in [2.45, 2.75) is 11.4 Å². The fourth-order valence-electron chi connectivity index (χ4n) is 2.35. The highest BCUT2D eigenvalue weighted by atomic mass is 35.5. The normalized spacial score (nSPS) is 11.7. The van der Waals surface area contributed by atoms with Gasteiger partial charge in [0.1, 0.15) is 5.75 Å². The molecule has 0 amide bonds. The Labute approximate surface area is 139 Å². The Morgan fingerprint density at radius 1 is 1.22 bits per heavy atom. The number of aromatic nitrogens is 1. The van der Waals surface area contributed by atoms with Gasteiger partial charge in [-0.3, -0.25) is 0 Å². The molecule has 0 aliphatic carbocycles. The minimum absolute atomic E-state index is 0.100. The van der Waals surface area contributed by atoms with Gasteiger partial charge in [-0.15, -0.1) is 0 Å². The van der Waals surface area contributed by atoms with Gasteiger partial charge >= 0.3 is 0 Å².